The number of nitrogens with zero attached hydrogens (tertiary/aromatic N) is 2. The maximum atomic E-state index is 13.1. The van der Waals surface area contributed by atoms with Crippen molar-refractivity contribution in [2.24, 2.45) is 0 Å². The van der Waals surface area contributed by atoms with Crippen molar-refractivity contribution in [3.05, 3.63) is 48.5 Å². The van der Waals surface area contributed by atoms with Crippen molar-refractivity contribution in [1.29, 1.82) is 0 Å². The summed E-state index contributed by atoms with van der Waals surface area (Å²) in [6.07, 6.45) is 3.25. The second-order valence-corrected chi connectivity index (χ2v) is 3.48. The van der Waals surface area contributed by atoms with Crippen molar-refractivity contribution in [3.63, 3.8) is 0 Å². The summed E-state index contributed by atoms with van der Waals surface area (Å²) >= 11 is 0. The lowest BCUT2D eigenvalue weighted by atomic mass is 10.1. The minimum atomic E-state index is -0.253. The molecule has 4 heteroatoms. The van der Waals surface area contributed by atoms with E-state index in [2.05, 4.69) is 15.0 Å². The van der Waals surface area contributed by atoms with E-state index in [1.165, 1.54) is 12.1 Å². The summed E-state index contributed by atoms with van der Waals surface area (Å²) < 4.78 is 13.1. The molecule has 0 amide bonds. The van der Waals surface area contributed by atoms with Crippen molar-refractivity contribution < 1.29 is 4.39 Å². The van der Waals surface area contributed by atoms with E-state index >= 15 is 0 Å². The van der Waals surface area contributed by atoms with Gasteiger partial charge in [-0.05, 0) is 18.2 Å². The van der Waals surface area contributed by atoms with E-state index in [-0.39, 0.29) is 5.82 Å². The highest BCUT2D eigenvalue weighted by Crippen LogP contribution is 2.22. The first kappa shape index (κ1) is 9.03. The first-order valence-electron chi connectivity index (χ1n) is 4.88. The molecule has 3 nitrogen and oxygen atoms in total. The van der Waals surface area contributed by atoms with Crippen molar-refractivity contribution in [2.75, 3.05) is 0 Å². The van der Waals surface area contributed by atoms with Gasteiger partial charge in [0, 0.05) is 23.7 Å². The third kappa shape index (κ3) is 1.44. The van der Waals surface area contributed by atoms with Crippen LogP contribution in [0, 0.1) is 5.82 Å². The number of hydrogen-bond donors (Lipinski definition) is 1. The molecular formula is C12H8FN3. The second kappa shape index (κ2) is 3.41. The Labute approximate surface area is 91.0 Å². The summed E-state index contributed by atoms with van der Waals surface area (Å²) in [6, 6.07) is 8.27. The normalized spacial score (nSPS) is 10.8. The van der Waals surface area contributed by atoms with Crippen LogP contribution >= 0.6 is 0 Å². The van der Waals surface area contributed by atoms with Gasteiger partial charge < -0.3 is 4.98 Å². The summed E-state index contributed by atoms with van der Waals surface area (Å²) in [7, 11) is 0. The fourth-order valence-electron chi connectivity index (χ4n) is 1.66. The van der Waals surface area contributed by atoms with Crippen molar-refractivity contribution >= 4 is 11.2 Å². The lowest BCUT2D eigenvalue weighted by Gasteiger charge is -1.96. The lowest BCUT2D eigenvalue weighted by Crippen LogP contribution is -1.79. The Morgan fingerprint density at radius 3 is 2.75 bits per heavy atom. The van der Waals surface area contributed by atoms with E-state index in [4.69, 9.17) is 0 Å². The van der Waals surface area contributed by atoms with Gasteiger partial charge in [0.2, 0.25) is 0 Å². The predicted molar refractivity (Wildman–Crippen MR) is 59.3 cm³/mol. The number of hydrogen-bond acceptors (Lipinski definition) is 2. The van der Waals surface area contributed by atoms with E-state index in [0.717, 1.165) is 16.8 Å². The molecule has 0 unspecified atom stereocenters. The van der Waals surface area contributed by atoms with Crippen LogP contribution in [0.5, 0.6) is 0 Å². The number of benzene rings is 1. The molecule has 0 aliphatic rings. The molecule has 0 fully saturated rings. The molecule has 0 saturated heterocycles. The minimum absolute atomic E-state index is 0.253. The Bertz CT molecular complexity index is 612. The van der Waals surface area contributed by atoms with E-state index in [1.54, 1.807) is 18.5 Å². The van der Waals surface area contributed by atoms with Crippen LogP contribution in [-0.2, 0) is 0 Å². The second-order valence-electron chi connectivity index (χ2n) is 3.48. The van der Waals surface area contributed by atoms with Gasteiger partial charge in [0.05, 0.1) is 0 Å². The number of aromatic amines is 1. The van der Waals surface area contributed by atoms with Gasteiger partial charge in [-0.1, -0.05) is 12.1 Å². The molecule has 1 N–H and O–H groups in total. The van der Waals surface area contributed by atoms with Gasteiger partial charge in [0.15, 0.2) is 5.65 Å². The summed E-state index contributed by atoms with van der Waals surface area (Å²) in [5.41, 5.74) is 3.10. The lowest BCUT2D eigenvalue weighted by molar-refractivity contribution is 0.628. The highest BCUT2D eigenvalue weighted by atomic mass is 19.1. The van der Waals surface area contributed by atoms with Gasteiger partial charge in [0.25, 0.3) is 0 Å². The van der Waals surface area contributed by atoms with Crippen molar-refractivity contribution in [2.45, 2.75) is 0 Å². The molecule has 2 aromatic heterocycles. The number of nitrogens with one attached hydrogen (secondary N) is 1. The molecular weight excluding hydrogens is 205 g/mol. The minimum Gasteiger partial charge on any atom is -0.338 e. The number of halogens is 1. The van der Waals surface area contributed by atoms with Crippen LogP contribution in [0.3, 0.4) is 0 Å². The molecule has 1 aromatic carbocycles. The molecule has 0 saturated carbocycles. The highest BCUT2D eigenvalue weighted by molar-refractivity contribution is 5.79. The highest BCUT2D eigenvalue weighted by Gasteiger charge is 2.04. The van der Waals surface area contributed by atoms with Crippen molar-refractivity contribution in [3.8, 4) is 11.3 Å². The molecule has 3 aromatic rings. The third-order valence-corrected chi connectivity index (χ3v) is 2.40. The SMILES string of the molecule is Fc1cccc(-c2cc3nccnc3[nH]2)c1. The van der Waals surface area contributed by atoms with E-state index < -0.39 is 0 Å². The molecule has 0 aliphatic carbocycles. The summed E-state index contributed by atoms with van der Waals surface area (Å²) in [6.45, 7) is 0. The Balaban J connectivity index is 2.19. The Kier molecular flexibility index (Phi) is 1.93. The van der Waals surface area contributed by atoms with Gasteiger partial charge in [-0.25, -0.2) is 9.37 Å². The molecule has 78 valence electrons. The summed E-state index contributed by atoms with van der Waals surface area (Å²) in [4.78, 5) is 11.4. The van der Waals surface area contributed by atoms with Crippen LogP contribution < -0.4 is 0 Å². The number of fused-ring (bicyclic) bond motifs is 1. The maximum Gasteiger partial charge on any atom is 0.156 e. The first-order chi connectivity index (χ1) is 7.83. The van der Waals surface area contributed by atoms with Gasteiger partial charge in [-0.2, -0.15) is 0 Å². The molecule has 0 atom stereocenters. The molecule has 2 heterocycles. The van der Waals surface area contributed by atoms with Crippen LogP contribution in [0.2, 0.25) is 0 Å². The Hall–Kier alpha value is -2.23. The zero-order valence-electron chi connectivity index (χ0n) is 8.31. The first-order valence-corrected chi connectivity index (χ1v) is 4.88. The van der Waals surface area contributed by atoms with Crippen LogP contribution in [0.1, 0.15) is 0 Å². The molecule has 0 radical (unpaired) electrons. The van der Waals surface area contributed by atoms with Gasteiger partial charge >= 0.3 is 0 Å². The van der Waals surface area contributed by atoms with Crippen LogP contribution in [-0.4, -0.2) is 15.0 Å². The van der Waals surface area contributed by atoms with Gasteiger partial charge in [0.1, 0.15) is 11.3 Å². The number of aromatic nitrogens is 3. The van der Waals surface area contributed by atoms with E-state index in [1.807, 2.05) is 12.1 Å². The van der Waals surface area contributed by atoms with Crippen molar-refractivity contribution in [1.82, 2.24) is 15.0 Å². The van der Waals surface area contributed by atoms with Crippen LogP contribution in [0.25, 0.3) is 22.4 Å². The smallest absolute Gasteiger partial charge is 0.156 e. The predicted octanol–water partition coefficient (Wildman–Crippen LogP) is 2.76. The van der Waals surface area contributed by atoms with Gasteiger partial charge in [-0.15, -0.1) is 0 Å². The van der Waals surface area contributed by atoms with E-state index in [0.29, 0.717) is 5.65 Å². The largest absolute Gasteiger partial charge is 0.338 e. The Morgan fingerprint density at radius 1 is 1.06 bits per heavy atom. The number of H-pyrrole nitrogens is 1. The molecule has 0 bridgehead atoms. The average molecular weight is 213 g/mol. The van der Waals surface area contributed by atoms with Crippen LogP contribution in [0.15, 0.2) is 42.7 Å². The quantitative estimate of drug-likeness (QED) is 0.675. The zero-order chi connectivity index (χ0) is 11.0. The summed E-state index contributed by atoms with van der Waals surface area (Å²) in [5.74, 6) is -0.253. The summed E-state index contributed by atoms with van der Waals surface area (Å²) in [5, 5.41) is 0. The average Bonchev–Trinajstić information content (AvgIpc) is 2.72. The maximum absolute atomic E-state index is 13.1. The third-order valence-electron chi connectivity index (χ3n) is 2.40. The molecule has 16 heavy (non-hydrogen) atoms. The van der Waals surface area contributed by atoms with Crippen LogP contribution in [0.4, 0.5) is 4.39 Å². The number of rotatable bonds is 1. The Morgan fingerprint density at radius 2 is 1.94 bits per heavy atom. The standard InChI is InChI=1S/C12H8FN3/c13-9-3-1-2-8(6-9)10-7-11-12(16-10)15-5-4-14-11/h1-7H,(H,15,16). The monoisotopic (exact) mass is 213 g/mol. The van der Waals surface area contributed by atoms with Gasteiger partial charge in [-0.3, -0.25) is 4.98 Å². The fourth-order valence-corrected chi connectivity index (χ4v) is 1.66. The topological polar surface area (TPSA) is 41.6 Å². The van der Waals surface area contributed by atoms with E-state index in [9.17, 15) is 4.39 Å². The molecule has 0 spiro atoms. The molecule has 0 aliphatic heterocycles. The fraction of sp³-hybridized carbons (Fsp3) is 0. The zero-order valence-corrected chi connectivity index (χ0v) is 8.31. The molecule has 3 rings (SSSR count).